The summed E-state index contributed by atoms with van der Waals surface area (Å²) < 4.78 is 5.43. The zero-order valence-electron chi connectivity index (χ0n) is 10.2. The Kier molecular flexibility index (Phi) is 5.73. The van der Waals surface area contributed by atoms with Gasteiger partial charge in [-0.05, 0) is 13.0 Å². The summed E-state index contributed by atoms with van der Waals surface area (Å²) in [7, 11) is 0. The fourth-order valence-electron chi connectivity index (χ4n) is 2.04. The van der Waals surface area contributed by atoms with E-state index >= 15 is 0 Å². The fraction of sp³-hybridized carbons (Fsp3) is 0.909. The highest BCUT2D eigenvalue weighted by Crippen LogP contribution is 2.10. The number of primary amides is 1. The Morgan fingerprint density at radius 1 is 1.62 bits per heavy atom. The van der Waals surface area contributed by atoms with Gasteiger partial charge in [-0.2, -0.15) is 0 Å². The maximum atomic E-state index is 11.3. The lowest BCUT2D eigenvalue weighted by atomic mass is 10.1. The number of carbonyl (C=O) groups is 1. The number of amides is 1. The molecule has 0 aromatic rings. The van der Waals surface area contributed by atoms with Crippen molar-refractivity contribution in [1.29, 1.82) is 0 Å². The van der Waals surface area contributed by atoms with Gasteiger partial charge in [0.05, 0.1) is 19.3 Å². The van der Waals surface area contributed by atoms with Crippen molar-refractivity contribution >= 4 is 5.91 Å². The molecule has 1 aliphatic rings. The van der Waals surface area contributed by atoms with E-state index in [9.17, 15) is 4.79 Å². The van der Waals surface area contributed by atoms with Gasteiger partial charge in [-0.15, -0.1) is 0 Å². The van der Waals surface area contributed by atoms with E-state index in [-0.39, 0.29) is 11.9 Å². The molecular weight excluding hydrogens is 206 g/mol. The van der Waals surface area contributed by atoms with Crippen LogP contribution in [-0.4, -0.2) is 55.7 Å². The number of carbonyl (C=O) groups excluding carboxylic acids is 1. The number of ether oxygens (including phenoxy) is 1. The van der Waals surface area contributed by atoms with Crippen LogP contribution in [0, 0.1) is 0 Å². The number of nitrogens with one attached hydrogen (secondary N) is 1. The van der Waals surface area contributed by atoms with Gasteiger partial charge in [0, 0.05) is 19.1 Å². The van der Waals surface area contributed by atoms with Gasteiger partial charge in [0.15, 0.2) is 0 Å². The smallest absolute Gasteiger partial charge is 0.235 e. The molecule has 2 atom stereocenters. The van der Waals surface area contributed by atoms with Crippen molar-refractivity contribution in [1.82, 2.24) is 10.2 Å². The molecule has 0 saturated carbocycles. The molecule has 94 valence electrons. The number of hydrogen-bond acceptors (Lipinski definition) is 4. The quantitative estimate of drug-likeness (QED) is 0.648. The average Bonchev–Trinajstić information content (AvgIpc) is 2.29. The first-order chi connectivity index (χ1) is 7.69. The van der Waals surface area contributed by atoms with E-state index in [4.69, 9.17) is 10.5 Å². The summed E-state index contributed by atoms with van der Waals surface area (Å²) >= 11 is 0. The summed E-state index contributed by atoms with van der Waals surface area (Å²) in [6.07, 6.45) is 1.04. The second-order valence-electron chi connectivity index (χ2n) is 4.14. The van der Waals surface area contributed by atoms with Crippen LogP contribution in [-0.2, 0) is 9.53 Å². The van der Waals surface area contributed by atoms with Crippen molar-refractivity contribution in [2.75, 3.05) is 32.8 Å². The predicted molar refractivity (Wildman–Crippen MR) is 63.1 cm³/mol. The number of hydrogen-bond donors (Lipinski definition) is 2. The van der Waals surface area contributed by atoms with E-state index in [1.807, 2.05) is 6.92 Å². The number of rotatable bonds is 6. The highest BCUT2D eigenvalue weighted by molar-refractivity contribution is 5.80. The van der Waals surface area contributed by atoms with E-state index in [2.05, 4.69) is 17.1 Å². The molecule has 2 unspecified atom stereocenters. The molecular formula is C11H23N3O2. The van der Waals surface area contributed by atoms with Gasteiger partial charge < -0.3 is 15.8 Å². The molecule has 1 fully saturated rings. The summed E-state index contributed by atoms with van der Waals surface area (Å²) in [6, 6.07) is 0.159. The minimum Gasteiger partial charge on any atom is -0.378 e. The maximum Gasteiger partial charge on any atom is 0.235 e. The molecule has 1 amide bonds. The minimum absolute atomic E-state index is 0.253. The van der Waals surface area contributed by atoms with Gasteiger partial charge in [-0.3, -0.25) is 9.69 Å². The normalized spacial score (nSPS) is 24.2. The number of morpholine rings is 1. The predicted octanol–water partition coefficient (Wildman–Crippen LogP) is -0.439. The fourth-order valence-corrected chi connectivity index (χ4v) is 2.04. The van der Waals surface area contributed by atoms with Crippen LogP contribution in [0.1, 0.15) is 20.3 Å². The van der Waals surface area contributed by atoms with Crippen LogP contribution in [0.5, 0.6) is 0 Å². The van der Waals surface area contributed by atoms with Gasteiger partial charge in [-0.25, -0.2) is 0 Å². The molecule has 5 heteroatoms. The first-order valence-corrected chi connectivity index (χ1v) is 6.03. The summed E-state index contributed by atoms with van der Waals surface area (Å²) in [5.74, 6) is -0.275. The molecule has 16 heavy (non-hydrogen) atoms. The van der Waals surface area contributed by atoms with Crippen LogP contribution in [0.4, 0.5) is 0 Å². The highest BCUT2D eigenvalue weighted by Gasteiger charge is 2.25. The second kappa shape index (κ2) is 6.83. The van der Waals surface area contributed by atoms with E-state index in [1.54, 1.807) is 0 Å². The Morgan fingerprint density at radius 3 is 2.94 bits per heavy atom. The molecule has 0 aromatic carbocycles. The maximum absolute atomic E-state index is 11.3. The molecule has 0 aliphatic carbocycles. The molecule has 0 bridgehead atoms. The van der Waals surface area contributed by atoms with Gasteiger partial charge in [-0.1, -0.05) is 13.8 Å². The molecule has 0 aromatic heterocycles. The number of nitrogens with zero attached hydrogens (tertiary/aromatic N) is 1. The first-order valence-electron chi connectivity index (χ1n) is 6.03. The lowest BCUT2D eigenvalue weighted by molar-refractivity contribution is -0.121. The van der Waals surface area contributed by atoms with Gasteiger partial charge in [0.25, 0.3) is 0 Å². The topological polar surface area (TPSA) is 67.6 Å². The van der Waals surface area contributed by atoms with Crippen LogP contribution in [0.2, 0.25) is 0 Å². The molecule has 1 rings (SSSR count). The van der Waals surface area contributed by atoms with E-state index in [1.165, 1.54) is 0 Å². The van der Waals surface area contributed by atoms with Crippen LogP contribution < -0.4 is 11.1 Å². The SMILES string of the molecule is CCNC(CN1CCOCC1CC)C(N)=O. The van der Waals surface area contributed by atoms with Gasteiger partial charge in [0.2, 0.25) is 5.91 Å². The van der Waals surface area contributed by atoms with Crippen molar-refractivity contribution in [3.63, 3.8) is 0 Å². The molecule has 1 heterocycles. The summed E-state index contributed by atoms with van der Waals surface area (Å²) in [5.41, 5.74) is 5.37. The molecule has 0 radical (unpaired) electrons. The summed E-state index contributed by atoms with van der Waals surface area (Å²) in [5, 5.41) is 3.12. The number of nitrogens with two attached hydrogens (primary N) is 1. The molecule has 3 N–H and O–H groups in total. The Balaban J connectivity index is 2.50. The van der Waals surface area contributed by atoms with Gasteiger partial charge in [0.1, 0.15) is 0 Å². The highest BCUT2D eigenvalue weighted by atomic mass is 16.5. The van der Waals surface area contributed by atoms with Crippen molar-refractivity contribution in [3.8, 4) is 0 Å². The molecule has 5 nitrogen and oxygen atoms in total. The number of likely N-dealkylation sites (N-methyl/N-ethyl adjacent to an activating group) is 1. The minimum atomic E-state index is -0.275. The second-order valence-corrected chi connectivity index (χ2v) is 4.14. The third kappa shape index (κ3) is 3.73. The summed E-state index contributed by atoms with van der Waals surface area (Å²) in [6.45, 7) is 7.95. The van der Waals surface area contributed by atoms with Crippen molar-refractivity contribution in [3.05, 3.63) is 0 Å². The zero-order chi connectivity index (χ0) is 12.0. The van der Waals surface area contributed by atoms with Crippen LogP contribution in [0.25, 0.3) is 0 Å². The average molecular weight is 229 g/mol. The monoisotopic (exact) mass is 229 g/mol. The molecule has 1 aliphatic heterocycles. The lowest BCUT2D eigenvalue weighted by Crippen LogP contribution is -2.54. The standard InChI is InChI=1S/C11H23N3O2/c1-3-9-8-16-6-5-14(9)7-10(11(12)15)13-4-2/h9-10,13H,3-8H2,1-2H3,(H2,12,15). The first kappa shape index (κ1) is 13.4. The Bertz CT molecular complexity index is 223. The molecule has 1 saturated heterocycles. The van der Waals surface area contributed by atoms with Crippen molar-refractivity contribution in [2.45, 2.75) is 32.4 Å². The van der Waals surface area contributed by atoms with Crippen LogP contribution >= 0.6 is 0 Å². The largest absolute Gasteiger partial charge is 0.378 e. The zero-order valence-corrected chi connectivity index (χ0v) is 10.2. The van der Waals surface area contributed by atoms with Crippen molar-refractivity contribution in [2.24, 2.45) is 5.73 Å². The van der Waals surface area contributed by atoms with Crippen LogP contribution in [0.15, 0.2) is 0 Å². The Hall–Kier alpha value is -0.650. The molecule has 0 spiro atoms. The van der Waals surface area contributed by atoms with Gasteiger partial charge >= 0.3 is 0 Å². The Labute approximate surface area is 97.3 Å². The Morgan fingerprint density at radius 2 is 2.38 bits per heavy atom. The van der Waals surface area contributed by atoms with E-state index in [0.29, 0.717) is 12.6 Å². The third-order valence-electron chi connectivity index (χ3n) is 3.03. The third-order valence-corrected chi connectivity index (χ3v) is 3.03. The lowest BCUT2D eigenvalue weighted by Gasteiger charge is -2.36. The van der Waals surface area contributed by atoms with Crippen molar-refractivity contribution < 1.29 is 9.53 Å². The van der Waals surface area contributed by atoms with E-state index < -0.39 is 0 Å². The summed E-state index contributed by atoms with van der Waals surface area (Å²) in [4.78, 5) is 13.6. The van der Waals surface area contributed by atoms with E-state index in [0.717, 1.165) is 32.7 Å². The van der Waals surface area contributed by atoms with Crippen LogP contribution in [0.3, 0.4) is 0 Å².